The van der Waals surface area contributed by atoms with E-state index in [4.69, 9.17) is 0 Å². The second-order valence-electron chi connectivity index (χ2n) is 8.99. The minimum Gasteiger partial charge on any atom is -0.354 e. The zero-order valence-corrected chi connectivity index (χ0v) is 24.3. The van der Waals surface area contributed by atoms with E-state index in [9.17, 15) is 31.2 Å². The summed E-state index contributed by atoms with van der Waals surface area (Å²) in [6, 6.07) is 16.9. The first-order chi connectivity index (χ1) is 18.8. The van der Waals surface area contributed by atoms with Crippen LogP contribution in [0.25, 0.3) is 0 Å². The maximum absolute atomic E-state index is 13.8. The van der Waals surface area contributed by atoms with Crippen molar-refractivity contribution < 1.29 is 31.2 Å². The summed E-state index contributed by atoms with van der Waals surface area (Å²) in [6.45, 7) is 2.89. The number of anilines is 1. The molecular weight excluding hydrogens is 611 g/mol. The number of halogens is 4. The number of amides is 2. The van der Waals surface area contributed by atoms with Crippen LogP contribution in [0.2, 0.25) is 0 Å². The Labute approximate surface area is 240 Å². The molecule has 7 nitrogen and oxygen atoms in total. The molecular formula is C28H29BrF3N3O4S. The number of nitrogens with one attached hydrogen (secondary N) is 1. The predicted octanol–water partition coefficient (Wildman–Crippen LogP) is 5.61. The van der Waals surface area contributed by atoms with E-state index in [2.05, 4.69) is 21.2 Å². The van der Waals surface area contributed by atoms with Gasteiger partial charge in [-0.05, 0) is 61.4 Å². The maximum Gasteiger partial charge on any atom is 0.416 e. The highest BCUT2D eigenvalue weighted by molar-refractivity contribution is 9.10. The van der Waals surface area contributed by atoms with Crippen LogP contribution < -0.4 is 9.62 Å². The number of nitrogens with zero attached hydrogens (tertiary/aromatic N) is 2. The largest absolute Gasteiger partial charge is 0.416 e. The Morgan fingerprint density at radius 2 is 1.65 bits per heavy atom. The molecule has 40 heavy (non-hydrogen) atoms. The van der Waals surface area contributed by atoms with Crippen LogP contribution in [0.15, 0.2) is 88.2 Å². The quantitative estimate of drug-likeness (QED) is 0.296. The van der Waals surface area contributed by atoms with Crippen molar-refractivity contribution in [1.82, 2.24) is 10.2 Å². The summed E-state index contributed by atoms with van der Waals surface area (Å²) >= 11 is 3.37. The molecule has 3 aromatic rings. The van der Waals surface area contributed by atoms with Crippen molar-refractivity contribution in [2.45, 2.75) is 43.9 Å². The molecule has 3 rings (SSSR count). The topological polar surface area (TPSA) is 86.8 Å². The van der Waals surface area contributed by atoms with Crippen molar-refractivity contribution in [2.24, 2.45) is 0 Å². The molecule has 0 spiro atoms. The average molecular weight is 641 g/mol. The van der Waals surface area contributed by atoms with Gasteiger partial charge >= 0.3 is 6.18 Å². The number of hydrogen-bond donors (Lipinski definition) is 1. The third kappa shape index (κ3) is 7.85. The molecule has 0 aromatic heterocycles. The van der Waals surface area contributed by atoms with E-state index in [1.165, 1.54) is 42.2 Å². The van der Waals surface area contributed by atoms with Crippen molar-refractivity contribution in [3.63, 3.8) is 0 Å². The van der Waals surface area contributed by atoms with E-state index >= 15 is 0 Å². The van der Waals surface area contributed by atoms with Gasteiger partial charge in [0, 0.05) is 17.6 Å². The van der Waals surface area contributed by atoms with Crippen molar-refractivity contribution in [2.75, 3.05) is 17.4 Å². The first-order valence-electron chi connectivity index (χ1n) is 12.4. The highest BCUT2D eigenvalue weighted by atomic mass is 79.9. The lowest BCUT2D eigenvalue weighted by atomic mass is 10.1. The highest BCUT2D eigenvalue weighted by Gasteiger charge is 2.35. The summed E-state index contributed by atoms with van der Waals surface area (Å²) in [5, 5.41) is 2.73. The standard InChI is InChI=1S/C28H29BrF3N3O4S/c1-3-15-33-27(37)20(2)34(18-21-9-7-11-23(29)16-21)26(36)19-35(40(38,39)25-13-5-4-6-14-25)24-12-8-10-22(17-24)28(30,31)32/h4-14,16-17,20H,3,15,18-19H2,1-2H3,(H,33,37). The fraction of sp³-hybridized carbons (Fsp3) is 0.286. The molecule has 0 fully saturated rings. The van der Waals surface area contributed by atoms with Gasteiger partial charge < -0.3 is 10.2 Å². The van der Waals surface area contributed by atoms with Gasteiger partial charge in [0.15, 0.2) is 0 Å². The van der Waals surface area contributed by atoms with E-state index in [-0.39, 0.29) is 17.1 Å². The van der Waals surface area contributed by atoms with Gasteiger partial charge in [-0.2, -0.15) is 13.2 Å². The van der Waals surface area contributed by atoms with Gasteiger partial charge in [-0.15, -0.1) is 0 Å². The van der Waals surface area contributed by atoms with Crippen molar-refractivity contribution >= 4 is 43.5 Å². The number of carbonyl (C=O) groups excluding carboxylic acids is 2. The summed E-state index contributed by atoms with van der Waals surface area (Å²) in [5.41, 5.74) is -0.740. The van der Waals surface area contributed by atoms with Crippen LogP contribution in [0, 0.1) is 0 Å². The lowest BCUT2D eigenvalue weighted by Crippen LogP contribution is -2.51. The molecule has 0 aliphatic rings. The Morgan fingerprint density at radius 3 is 2.27 bits per heavy atom. The number of sulfonamides is 1. The third-order valence-electron chi connectivity index (χ3n) is 6.03. The molecule has 0 saturated carbocycles. The summed E-state index contributed by atoms with van der Waals surface area (Å²) in [7, 11) is -4.47. The Hall–Kier alpha value is -3.38. The SMILES string of the molecule is CCCNC(=O)C(C)N(Cc1cccc(Br)c1)C(=O)CN(c1cccc(C(F)(F)F)c1)S(=O)(=O)c1ccccc1. The van der Waals surface area contributed by atoms with Gasteiger partial charge in [-0.25, -0.2) is 8.42 Å². The number of rotatable bonds is 11. The molecule has 0 radical (unpaired) electrons. The fourth-order valence-corrected chi connectivity index (χ4v) is 5.77. The zero-order valence-electron chi connectivity index (χ0n) is 21.9. The van der Waals surface area contributed by atoms with Crippen LogP contribution in [0.5, 0.6) is 0 Å². The van der Waals surface area contributed by atoms with Crippen LogP contribution in [-0.4, -0.2) is 44.3 Å². The van der Waals surface area contributed by atoms with Gasteiger partial charge in [-0.3, -0.25) is 13.9 Å². The van der Waals surface area contributed by atoms with Crippen molar-refractivity contribution in [3.05, 3.63) is 94.5 Å². The maximum atomic E-state index is 13.8. The van der Waals surface area contributed by atoms with Crippen LogP contribution in [0.4, 0.5) is 18.9 Å². The van der Waals surface area contributed by atoms with Crippen LogP contribution in [0.3, 0.4) is 0 Å². The van der Waals surface area contributed by atoms with E-state index in [0.717, 1.165) is 16.6 Å². The molecule has 0 saturated heterocycles. The highest BCUT2D eigenvalue weighted by Crippen LogP contribution is 2.33. The smallest absolute Gasteiger partial charge is 0.354 e. The average Bonchev–Trinajstić information content (AvgIpc) is 2.92. The predicted molar refractivity (Wildman–Crippen MR) is 150 cm³/mol. The first kappa shape index (κ1) is 31.2. The summed E-state index contributed by atoms with van der Waals surface area (Å²) in [4.78, 5) is 27.7. The minimum absolute atomic E-state index is 0.0409. The molecule has 1 N–H and O–H groups in total. The van der Waals surface area contributed by atoms with E-state index in [1.54, 1.807) is 30.3 Å². The van der Waals surface area contributed by atoms with Crippen LogP contribution >= 0.6 is 15.9 Å². The number of carbonyl (C=O) groups is 2. The third-order valence-corrected chi connectivity index (χ3v) is 8.31. The molecule has 1 unspecified atom stereocenters. The second-order valence-corrected chi connectivity index (χ2v) is 11.8. The number of hydrogen-bond acceptors (Lipinski definition) is 4. The normalized spacial score (nSPS) is 12.4. The van der Waals surface area contributed by atoms with Crippen molar-refractivity contribution in [1.29, 1.82) is 0 Å². The summed E-state index contributed by atoms with van der Waals surface area (Å²) in [6.07, 6.45) is -4.07. The van der Waals surface area contributed by atoms with E-state index < -0.39 is 46.2 Å². The second kappa shape index (κ2) is 13.3. The molecule has 0 heterocycles. The zero-order chi connectivity index (χ0) is 29.5. The summed E-state index contributed by atoms with van der Waals surface area (Å²) in [5.74, 6) is -1.21. The summed E-state index contributed by atoms with van der Waals surface area (Å²) < 4.78 is 69.3. The monoisotopic (exact) mass is 639 g/mol. The van der Waals surface area contributed by atoms with Gasteiger partial charge in [0.1, 0.15) is 12.6 Å². The van der Waals surface area contributed by atoms with Crippen LogP contribution in [0.1, 0.15) is 31.4 Å². The number of alkyl halides is 3. The number of benzene rings is 3. The van der Waals surface area contributed by atoms with E-state index in [0.29, 0.717) is 28.9 Å². The molecule has 3 aromatic carbocycles. The van der Waals surface area contributed by atoms with Crippen molar-refractivity contribution in [3.8, 4) is 0 Å². The Kier molecular flexibility index (Phi) is 10.4. The molecule has 0 aliphatic carbocycles. The fourth-order valence-electron chi connectivity index (χ4n) is 3.90. The van der Waals surface area contributed by atoms with Crippen LogP contribution in [-0.2, 0) is 32.3 Å². The molecule has 0 bridgehead atoms. The Bertz CT molecular complexity index is 1440. The van der Waals surface area contributed by atoms with Gasteiger partial charge in [-0.1, -0.05) is 59.3 Å². The van der Waals surface area contributed by atoms with E-state index in [1.807, 2.05) is 6.92 Å². The molecule has 0 aliphatic heterocycles. The van der Waals surface area contributed by atoms with Gasteiger partial charge in [0.25, 0.3) is 10.0 Å². The molecule has 1 atom stereocenters. The molecule has 2 amide bonds. The van der Waals surface area contributed by atoms with Gasteiger partial charge in [0.2, 0.25) is 11.8 Å². The first-order valence-corrected chi connectivity index (χ1v) is 14.6. The molecule has 214 valence electrons. The Morgan fingerprint density at radius 1 is 0.975 bits per heavy atom. The lowest BCUT2D eigenvalue weighted by Gasteiger charge is -2.32. The molecule has 12 heteroatoms. The Balaban J connectivity index is 2.07. The van der Waals surface area contributed by atoms with Gasteiger partial charge in [0.05, 0.1) is 16.1 Å². The lowest BCUT2D eigenvalue weighted by molar-refractivity contribution is -0.139. The minimum atomic E-state index is -4.74.